The number of hydrogen-bond acceptors (Lipinski definition) is 4. The van der Waals surface area contributed by atoms with Crippen LogP contribution in [-0.4, -0.2) is 41.6 Å². The molecule has 1 unspecified atom stereocenters. The zero-order chi connectivity index (χ0) is 13.1. The van der Waals surface area contributed by atoms with Gasteiger partial charge in [0, 0.05) is 25.5 Å². The summed E-state index contributed by atoms with van der Waals surface area (Å²) < 4.78 is 24.4. The molecule has 0 aromatic carbocycles. The maximum Gasteiger partial charge on any atom is 0.320 e. The van der Waals surface area contributed by atoms with Gasteiger partial charge in [-0.2, -0.15) is 4.31 Å². The van der Waals surface area contributed by atoms with E-state index in [1.165, 1.54) is 7.05 Å². The number of sulfonamides is 1. The molecule has 0 aliphatic heterocycles. The van der Waals surface area contributed by atoms with Crippen LogP contribution in [0.1, 0.15) is 18.5 Å². The largest absolute Gasteiger partial charge is 0.480 e. The van der Waals surface area contributed by atoms with Crippen LogP contribution in [0.15, 0.2) is 24.5 Å². The summed E-state index contributed by atoms with van der Waals surface area (Å²) in [7, 11) is -2.43. The zero-order valence-electron chi connectivity index (χ0n) is 9.57. The van der Waals surface area contributed by atoms with Gasteiger partial charge in [-0.25, -0.2) is 8.42 Å². The Hall–Kier alpha value is -1.47. The van der Waals surface area contributed by atoms with Crippen LogP contribution < -0.4 is 0 Å². The molecular formula is C10H14N2O4S. The highest BCUT2D eigenvalue weighted by molar-refractivity contribution is 7.89. The number of hydrogen-bond donors (Lipinski definition) is 1. The normalized spacial score (nSPS) is 13.6. The van der Waals surface area contributed by atoms with Crippen molar-refractivity contribution in [1.82, 2.24) is 9.29 Å². The van der Waals surface area contributed by atoms with E-state index in [1.807, 2.05) is 0 Å². The van der Waals surface area contributed by atoms with Crippen molar-refractivity contribution in [3.63, 3.8) is 0 Å². The van der Waals surface area contributed by atoms with Crippen LogP contribution in [0.5, 0.6) is 0 Å². The summed E-state index contributed by atoms with van der Waals surface area (Å²) in [6.45, 7) is 1.69. The van der Waals surface area contributed by atoms with Gasteiger partial charge in [-0.05, 0) is 24.6 Å². The van der Waals surface area contributed by atoms with Gasteiger partial charge in [-0.3, -0.25) is 9.78 Å². The molecule has 0 fully saturated rings. The minimum Gasteiger partial charge on any atom is -0.480 e. The summed E-state index contributed by atoms with van der Waals surface area (Å²) in [5.41, 5.74) is 0.761. The Bertz CT molecular complexity index is 486. The average Bonchev–Trinajstić information content (AvgIpc) is 2.26. The standard InChI is InChI=1S/C10H14N2O4S/c1-8(9-3-5-11-6-4-9)12(2)17(15,16)7-10(13)14/h3-6,8H,7H2,1-2H3,(H,13,14). The molecule has 0 radical (unpaired) electrons. The van der Waals surface area contributed by atoms with E-state index in [4.69, 9.17) is 5.11 Å². The molecule has 1 heterocycles. The van der Waals surface area contributed by atoms with Crippen molar-refractivity contribution in [2.45, 2.75) is 13.0 Å². The molecule has 1 rings (SSSR count). The first-order valence-corrected chi connectivity index (χ1v) is 6.53. The van der Waals surface area contributed by atoms with Gasteiger partial charge in [-0.1, -0.05) is 0 Å². The molecule has 6 nitrogen and oxygen atoms in total. The van der Waals surface area contributed by atoms with Crippen molar-refractivity contribution in [2.75, 3.05) is 12.8 Å². The fraction of sp³-hybridized carbons (Fsp3) is 0.400. The van der Waals surface area contributed by atoms with E-state index in [2.05, 4.69) is 4.98 Å². The summed E-state index contributed by atoms with van der Waals surface area (Å²) in [5.74, 6) is -2.27. The molecular weight excluding hydrogens is 244 g/mol. The molecule has 0 bridgehead atoms. The molecule has 0 amide bonds. The third-order valence-electron chi connectivity index (χ3n) is 2.48. The first-order chi connectivity index (χ1) is 7.84. The monoisotopic (exact) mass is 258 g/mol. The lowest BCUT2D eigenvalue weighted by Gasteiger charge is -2.23. The number of aromatic nitrogens is 1. The second-order valence-electron chi connectivity index (χ2n) is 3.62. The predicted octanol–water partition coefficient (Wildman–Crippen LogP) is 0.489. The summed E-state index contributed by atoms with van der Waals surface area (Å²) in [6, 6.07) is 2.96. The minimum absolute atomic E-state index is 0.428. The van der Waals surface area contributed by atoms with Crippen molar-refractivity contribution in [3.8, 4) is 0 Å². The number of carbonyl (C=O) groups is 1. The van der Waals surface area contributed by atoms with Crippen LogP contribution >= 0.6 is 0 Å². The molecule has 0 saturated heterocycles. The highest BCUT2D eigenvalue weighted by Gasteiger charge is 2.26. The Morgan fingerprint density at radius 3 is 2.47 bits per heavy atom. The summed E-state index contributed by atoms with van der Waals surface area (Å²) in [5, 5.41) is 8.53. The van der Waals surface area contributed by atoms with Crippen LogP contribution in [0, 0.1) is 0 Å². The molecule has 0 saturated carbocycles. The minimum atomic E-state index is -3.79. The topological polar surface area (TPSA) is 87.6 Å². The highest BCUT2D eigenvalue weighted by atomic mass is 32.2. The second kappa shape index (κ2) is 5.24. The van der Waals surface area contributed by atoms with Crippen LogP contribution in [0.2, 0.25) is 0 Å². The fourth-order valence-electron chi connectivity index (χ4n) is 1.35. The van der Waals surface area contributed by atoms with E-state index in [0.717, 1.165) is 9.87 Å². The first kappa shape index (κ1) is 13.6. The quantitative estimate of drug-likeness (QED) is 0.830. The molecule has 0 aliphatic carbocycles. The molecule has 0 spiro atoms. The maximum atomic E-state index is 11.7. The van der Waals surface area contributed by atoms with Gasteiger partial charge >= 0.3 is 5.97 Å². The molecule has 17 heavy (non-hydrogen) atoms. The van der Waals surface area contributed by atoms with Crippen LogP contribution in [0.25, 0.3) is 0 Å². The number of pyridine rings is 1. The molecule has 1 aromatic heterocycles. The summed E-state index contributed by atoms with van der Waals surface area (Å²) >= 11 is 0. The molecule has 7 heteroatoms. The van der Waals surface area contributed by atoms with Crippen LogP contribution in [-0.2, 0) is 14.8 Å². The number of carboxylic acids is 1. The van der Waals surface area contributed by atoms with Gasteiger partial charge in [0.2, 0.25) is 10.0 Å². The lowest BCUT2D eigenvalue weighted by Crippen LogP contribution is -2.34. The van der Waals surface area contributed by atoms with Gasteiger partial charge in [0.05, 0.1) is 0 Å². The van der Waals surface area contributed by atoms with Crippen molar-refractivity contribution in [1.29, 1.82) is 0 Å². The SMILES string of the molecule is CC(c1ccncc1)N(C)S(=O)(=O)CC(=O)O. The molecule has 1 atom stereocenters. The van der Waals surface area contributed by atoms with Crippen molar-refractivity contribution < 1.29 is 18.3 Å². The molecule has 94 valence electrons. The van der Waals surface area contributed by atoms with E-state index in [-0.39, 0.29) is 0 Å². The molecule has 0 aliphatic rings. The predicted molar refractivity (Wildman–Crippen MR) is 61.8 cm³/mol. The van der Waals surface area contributed by atoms with E-state index < -0.39 is 27.8 Å². The van der Waals surface area contributed by atoms with Crippen LogP contribution in [0.3, 0.4) is 0 Å². The van der Waals surface area contributed by atoms with Crippen molar-refractivity contribution >= 4 is 16.0 Å². The molecule has 1 N–H and O–H groups in total. The number of nitrogens with zero attached hydrogens (tertiary/aromatic N) is 2. The van der Waals surface area contributed by atoms with Gasteiger partial charge in [-0.15, -0.1) is 0 Å². The van der Waals surface area contributed by atoms with Crippen LogP contribution in [0.4, 0.5) is 0 Å². The highest BCUT2D eigenvalue weighted by Crippen LogP contribution is 2.20. The van der Waals surface area contributed by atoms with Crippen molar-refractivity contribution in [3.05, 3.63) is 30.1 Å². The zero-order valence-corrected chi connectivity index (χ0v) is 10.4. The Kier molecular flexibility index (Phi) is 4.19. The Labute approximate surface area is 100.0 Å². The lowest BCUT2D eigenvalue weighted by atomic mass is 10.1. The fourth-order valence-corrected chi connectivity index (χ4v) is 2.47. The number of carboxylic acid groups (broad SMARTS) is 1. The third-order valence-corrected chi connectivity index (χ3v) is 4.28. The van der Waals surface area contributed by atoms with Gasteiger partial charge in [0.25, 0.3) is 0 Å². The summed E-state index contributed by atoms with van der Waals surface area (Å²) in [4.78, 5) is 14.3. The maximum absolute atomic E-state index is 11.7. The van der Waals surface area contributed by atoms with Gasteiger partial charge in [0.15, 0.2) is 5.75 Å². The van der Waals surface area contributed by atoms with E-state index in [9.17, 15) is 13.2 Å². The first-order valence-electron chi connectivity index (χ1n) is 4.92. The Balaban J connectivity index is 2.91. The van der Waals surface area contributed by atoms with Crippen molar-refractivity contribution in [2.24, 2.45) is 0 Å². The van der Waals surface area contributed by atoms with E-state index in [1.54, 1.807) is 31.5 Å². The van der Waals surface area contributed by atoms with E-state index >= 15 is 0 Å². The number of rotatable bonds is 5. The van der Waals surface area contributed by atoms with E-state index in [0.29, 0.717) is 0 Å². The average molecular weight is 258 g/mol. The smallest absolute Gasteiger partial charge is 0.320 e. The second-order valence-corrected chi connectivity index (χ2v) is 5.65. The summed E-state index contributed by atoms with van der Waals surface area (Å²) in [6.07, 6.45) is 3.12. The van der Waals surface area contributed by atoms with Gasteiger partial charge in [0.1, 0.15) is 0 Å². The Morgan fingerprint density at radius 2 is 2.00 bits per heavy atom. The number of aliphatic carboxylic acids is 1. The Morgan fingerprint density at radius 1 is 1.47 bits per heavy atom. The molecule has 1 aromatic rings. The lowest BCUT2D eigenvalue weighted by molar-refractivity contribution is -0.134. The van der Waals surface area contributed by atoms with Gasteiger partial charge < -0.3 is 5.11 Å². The third kappa shape index (κ3) is 3.50.